The molecule has 1 N–H and O–H groups in total. The van der Waals surface area contributed by atoms with Crippen molar-refractivity contribution in [2.45, 2.75) is 58.3 Å². The smallest absolute Gasteiger partial charge is 0.364 e. The number of aliphatic carboxylic acids is 1. The SMILES string of the molecule is Cc1oc(C(C)(C)C)nc1COc1ccc([C@H]2CO[C@@](C)(C(=O)O)OC2)cc1. The molecule has 0 aliphatic carbocycles. The van der Waals surface area contributed by atoms with Gasteiger partial charge < -0.3 is 23.7 Å². The van der Waals surface area contributed by atoms with Crippen molar-refractivity contribution in [1.82, 2.24) is 4.98 Å². The third kappa shape index (κ3) is 4.36. The number of carbonyl (C=O) groups is 1. The number of nitrogens with zero attached hydrogens (tertiary/aromatic N) is 1. The lowest BCUT2D eigenvalue weighted by Crippen LogP contribution is -2.47. The highest BCUT2D eigenvalue weighted by molar-refractivity contribution is 5.75. The molecule has 7 nitrogen and oxygen atoms in total. The van der Waals surface area contributed by atoms with Gasteiger partial charge in [0.05, 0.1) is 13.2 Å². The Kier molecular flexibility index (Phi) is 5.50. The number of aryl methyl sites for hydroxylation is 1. The fraction of sp³-hybridized carbons (Fsp3) is 0.524. The Balaban J connectivity index is 1.58. The standard InChI is InChI=1S/C21H27NO6/c1-13-17(22-18(28-13)20(2,3)4)12-25-16-8-6-14(7-9-16)15-10-26-21(5,19(23)24)27-11-15/h6-9,15H,10-12H2,1-5H3,(H,23,24)/t15-,21+. The van der Waals surface area contributed by atoms with Crippen LogP contribution in [0, 0.1) is 6.92 Å². The van der Waals surface area contributed by atoms with Gasteiger partial charge in [0.15, 0.2) is 5.89 Å². The van der Waals surface area contributed by atoms with Gasteiger partial charge in [0.2, 0.25) is 0 Å². The van der Waals surface area contributed by atoms with Gasteiger partial charge in [-0.05, 0) is 24.6 Å². The van der Waals surface area contributed by atoms with Crippen molar-refractivity contribution in [3.63, 3.8) is 0 Å². The van der Waals surface area contributed by atoms with Crippen molar-refractivity contribution in [1.29, 1.82) is 0 Å². The molecule has 0 bridgehead atoms. The van der Waals surface area contributed by atoms with E-state index in [1.54, 1.807) is 0 Å². The van der Waals surface area contributed by atoms with Gasteiger partial charge in [0, 0.05) is 18.3 Å². The zero-order valence-electron chi connectivity index (χ0n) is 16.9. The summed E-state index contributed by atoms with van der Waals surface area (Å²) in [5, 5.41) is 9.13. The predicted octanol–water partition coefficient (Wildman–Crippen LogP) is 3.79. The zero-order valence-corrected chi connectivity index (χ0v) is 16.9. The summed E-state index contributed by atoms with van der Waals surface area (Å²) in [6.45, 7) is 10.4. The van der Waals surface area contributed by atoms with Crippen LogP contribution in [-0.4, -0.2) is 35.1 Å². The molecule has 1 aliphatic rings. The van der Waals surface area contributed by atoms with Crippen LogP contribution in [0.3, 0.4) is 0 Å². The van der Waals surface area contributed by atoms with Crippen LogP contribution < -0.4 is 4.74 Å². The molecule has 0 atom stereocenters. The van der Waals surface area contributed by atoms with Gasteiger partial charge in [-0.15, -0.1) is 0 Å². The summed E-state index contributed by atoms with van der Waals surface area (Å²) in [6, 6.07) is 7.62. The van der Waals surface area contributed by atoms with E-state index in [1.165, 1.54) is 6.92 Å². The normalized spacial score (nSPS) is 22.8. The number of rotatable bonds is 5. The average molecular weight is 389 g/mol. The molecule has 152 valence electrons. The first-order valence-electron chi connectivity index (χ1n) is 9.29. The van der Waals surface area contributed by atoms with Gasteiger partial charge in [-0.3, -0.25) is 0 Å². The summed E-state index contributed by atoms with van der Waals surface area (Å²) < 4.78 is 22.4. The second-order valence-corrected chi connectivity index (χ2v) is 8.20. The fourth-order valence-corrected chi connectivity index (χ4v) is 2.80. The molecule has 1 aliphatic heterocycles. The highest BCUT2D eigenvalue weighted by Crippen LogP contribution is 2.29. The Hall–Kier alpha value is -2.38. The van der Waals surface area contributed by atoms with E-state index in [-0.39, 0.29) is 24.5 Å². The molecular weight excluding hydrogens is 362 g/mol. The maximum absolute atomic E-state index is 11.2. The summed E-state index contributed by atoms with van der Waals surface area (Å²) in [4.78, 5) is 15.7. The second-order valence-electron chi connectivity index (χ2n) is 8.20. The molecule has 0 saturated carbocycles. The van der Waals surface area contributed by atoms with E-state index in [2.05, 4.69) is 25.8 Å². The Labute approximate surface area is 164 Å². The number of oxazole rings is 1. The number of carboxylic acids is 1. The van der Waals surface area contributed by atoms with Crippen molar-refractivity contribution in [3.05, 3.63) is 47.2 Å². The van der Waals surface area contributed by atoms with E-state index in [0.717, 1.165) is 22.8 Å². The van der Waals surface area contributed by atoms with E-state index in [9.17, 15) is 4.79 Å². The van der Waals surface area contributed by atoms with Gasteiger partial charge in [-0.25, -0.2) is 9.78 Å². The van der Waals surface area contributed by atoms with Crippen molar-refractivity contribution in [3.8, 4) is 5.75 Å². The first kappa shape index (κ1) is 20.4. The molecule has 0 amide bonds. The maximum atomic E-state index is 11.2. The lowest BCUT2D eigenvalue weighted by atomic mass is 9.97. The number of hydrogen-bond donors (Lipinski definition) is 1. The molecule has 0 unspecified atom stereocenters. The average Bonchev–Trinajstić information content (AvgIpc) is 3.02. The van der Waals surface area contributed by atoms with Crippen molar-refractivity contribution >= 4 is 5.97 Å². The third-order valence-electron chi connectivity index (χ3n) is 4.77. The Morgan fingerprint density at radius 1 is 1.25 bits per heavy atom. The molecule has 7 heteroatoms. The summed E-state index contributed by atoms with van der Waals surface area (Å²) >= 11 is 0. The number of benzene rings is 1. The van der Waals surface area contributed by atoms with Gasteiger partial charge in [0.1, 0.15) is 23.8 Å². The van der Waals surface area contributed by atoms with E-state index < -0.39 is 11.8 Å². The predicted molar refractivity (Wildman–Crippen MR) is 101 cm³/mol. The van der Waals surface area contributed by atoms with E-state index in [1.807, 2.05) is 31.2 Å². The summed E-state index contributed by atoms with van der Waals surface area (Å²) in [5.41, 5.74) is 1.65. The zero-order chi connectivity index (χ0) is 20.5. The highest BCUT2D eigenvalue weighted by atomic mass is 16.7. The van der Waals surface area contributed by atoms with Crippen molar-refractivity contribution < 1.29 is 28.5 Å². The van der Waals surface area contributed by atoms with Gasteiger partial charge in [-0.1, -0.05) is 32.9 Å². The summed E-state index contributed by atoms with van der Waals surface area (Å²) in [6.07, 6.45) is 0. The Morgan fingerprint density at radius 2 is 1.86 bits per heavy atom. The molecule has 1 saturated heterocycles. The van der Waals surface area contributed by atoms with Crippen LogP contribution >= 0.6 is 0 Å². The number of ether oxygens (including phenoxy) is 3. The molecule has 0 spiro atoms. The number of hydrogen-bond acceptors (Lipinski definition) is 6. The quantitative estimate of drug-likeness (QED) is 0.832. The molecule has 28 heavy (non-hydrogen) atoms. The van der Waals surface area contributed by atoms with Crippen LogP contribution in [-0.2, 0) is 26.3 Å². The monoisotopic (exact) mass is 389 g/mol. The molecule has 1 fully saturated rings. The highest BCUT2D eigenvalue weighted by Gasteiger charge is 2.40. The topological polar surface area (TPSA) is 91.0 Å². The maximum Gasteiger partial charge on any atom is 0.364 e. The molecule has 3 rings (SSSR count). The van der Waals surface area contributed by atoms with E-state index in [0.29, 0.717) is 12.5 Å². The lowest BCUT2D eigenvalue weighted by molar-refractivity contribution is -0.262. The molecule has 2 aromatic rings. The van der Waals surface area contributed by atoms with Crippen LogP contribution in [0.5, 0.6) is 5.75 Å². The van der Waals surface area contributed by atoms with E-state index in [4.69, 9.17) is 23.7 Å². The molecule has 1 aromatic heterocycles. The second kappa shape index (κ2) is 7.56. The van der Waals surface area contributed by atoms with Crippen molar-refractivity contribution in [2.75, 3.05) is 13.2 Å². The van der Waals surface area contributed by atoms with Gasteiger partial charge in [0.25, 0.3) is 5.79 Å². The van der Waals surface area contributed by atoms with Crippen LogP contribution in [0.2, 0.25) is 0 Å². The minimum atomic E-state index is -1.57. The van der Waals surface area contributed by atoms with Crippen LogP contribution in [0.4, 0.5) is 0 Å². The number of carboxylic acid groups (broad SMARTS) is 1. The lowest BCUT2D eigenvalue weighted by Gasteiger charge is -2.34. The van der Waals surface area contributed by atoms with Gasteiger partial charge in [-0.2, -0.15) is 0 Å². The van der Waals surface area contributed by atoms with Crippen LogP contribution in [0.1, 0.15) is 56.5 Å². The largest absolute Gasteiger partial charge is 0.487 e. The summed E-state index contributed by atoms with van der Waals surface area (Å²) in [5.74, 6) is -0.525. The van der Waals surface area contributed by atoms with E-state index >= 15 is 0 Å². The minimum Gasteiger partial charge on any atom is -0.487 e. The minimum absolute atomic E-state index is 0.0198. The molecule has 1 aromatic carbocycles. The van der Waals surface area contributed by atoms with Crippen molar-refractivity contribution in [2.24, 2.45) is 0 Å². The fourth-order valence-electron chi connectivity index (χ4n) is 2.80. The van der Waals surface area contributed by atoms with Gasteiger partial charge >= 0.3 is 5.97 Å². The molecule has 2 heterocycles. The Bertz CT molecular complexity index is 826. The first-order chi connectivity index (χ1) is 13.1. The first-order valence-corrected chi connectivity index (χ1v) is 9.29. The Morgan fingerprint density at radius 3 is 2.36 bits per heavy atom. The molecular formula is C21H27NO6. The van der Waals surface area contributed by atoms with Crippen LogP contribution in [0.15, 0.2) is 28.7 Å². The third-order valence-corrected chi connectivity index (χ3v) is 4.77. The molecule has 0 radical (unpaired) electrons. The van der Waals surface area contributed by atoms with Crippen LogP contribution in [0.25, 0.3) is 0 Å². The number of aromatic nitrogens is 1. The summed E-state index contributed by atoms with van der Waals surface area (Å²) in [7, 11) is 0.